The van der Waals surface area contributed by atoms with E-state index in [1.165, 1.54) is 4.90 Å². The van der Waals surface area contributed by atoms with E-state index in [4.69, 9.17) is 5.11 Å². The number of hydrogen-bond acceptors (Lipinski definition) is 2. The van der Waals surface area contributed by atoms with Crippen molar-refractivity contribution in [2.75, 3.05) is 13.1 Å². The molecule has 0 radical (unpaired) electrons. The minimum Gasteiger partial charge on any atom is -0.474 e. The smallest absolute Gasteiger partial charge is 0.394 e. The molecule has 1 saturated carbocycles. The quantitative estimate of drug-likeness (QED) is 0.516. The number of nitrogens with zero attached hydrogens (tertiary/aromatic N) is 1. The normalized spacial score (nSPS) is 40.3. The van der Waals surface area contributed by atoms with Crippen LogP contribution in [0.2, 0.25) is 0 Å². The third kappa shape index (κ3) is 1.26. The Kier molecular flexibility index (Phi) is 2.10. The molecule has 1 saturated heterocycles. The maximum atomic E-state index is 11.2. The molecule has 3 atom stereocenters. The Hall–Kier alpha value is -0.580. The van der Waals surface area contributed by atoms with Gasteiger partial charge in [-0.2, -0.15) is 0 Å². The summed E-state index contributed by atoms with van der Waals surface area (Å²) in [4.78, 5) is 23.5. The first-order valence-corrected chi connectivity index (χ1v) is 5.54. The Morgan fingerprint density at radius 2 is 2.21 bits per heavy atom. The Balaban J connectivity index is 2.02. The maximum absolute atomic E-state index is 11.2. The molecule has 0 spiro atoms. The second-order valence-corrected chi connectivity index (χ2v) is 5.31. The van der Waals surface area contributed by atoms with Crippen molar-refractivity contribution < 1.29 is 14.7 Å². The van der Waals surface area contributed by atoms with Crippen molar-refractivity contribution >= 4 is 27.8 Å². The lowest BCUT2D eigenvalue weighted by atomic mass is 9.98. The number of alkyl halides is 1. The number of carbonyl (C=O) groups excluding carboxylic acids is 1. The molecule has 1 amide bonds. The minimum atomic E-state index is -1.35. The molecule has 0 aromatic rings. The van der Waals surface area contributed by atoms with Gasteiger partial charge in [0.1, 0.15) is 0 Å². The van der Waals surface area contributed by atoms with Gasteiger partial charge in [-0.25, -0.2) is 4.79 Å². The number of amides is 1. The Morgan fingerprint density at radius 3 is 2.71 bits per heavy atom. The standard InChI is InChI=1S/C9H12BrNO3/c1-9-2-3-11(7(12)8(13)14)4-5(9)6(9)10/h5-6H,2-4H2,1H3,(H,13,14). The van der Waals surface area contributed by atoms with E-state index in [0.717, 1.165) is 6.42 Å². The number of carboxylic acid groups (broad SMARTS) is 1. The third-order valence-corrected chi connectivity index (χ3v) is 5.21. The summed E-state index contributed by atoms with van der Waals surface area (Å²) in [5.74, 6) is -1.68. The van der Waals surface area contributed by atoms with Crippen molar-refractivity contribution in [2.45, 2.75) is 18.2 Å². The maximum Gasteiger partial charge on any atom is 0.394 e. The van der Waals surface area contributed by atoms with Crippen molar-refractivity contribution in [3.05, 3.63) is 0 Å². The molecule has 4 nitrogen and oxygen atoms in total. The molecule has 1 heterocycles. The lowest BCUT2D eigenvalue weighted by Crippen LogP contribution is -2.42. The van der Waals surface area contributed by atoms with Crippen molar-refractivity contribution in [2.24, 2.45) is 11.3 Å². The largest absolute Gasteiger partial charge is 0.474 e. The second-order valence-electron chi connectivity index (χ2n) is 4.32. The summed E-state index contributed by atoms with van der Waals surface area (Å²) in [6.07, 6.45) is 0.895. The van der Waals surface area contributed by atoms with E-state index in [0.29, 0.717) is 23.8 Å². The summed E-state index contributed by atoms with van der Waals surface area (Å²) in [7, 11) is 0. The van der Waals surface area contributed by atoms with Crippen molar-refractivity contribution in [3.8, 4) is 0 Å². The lowest BCUT2D eigenvalue weighted by molar-refractivity contribution is -0.156. The van der Waals surface area contributed by atoms with Crippen LogP contribution in [0.1, 0.15) is 13.3 Å². The van der Waals surface area contributed by atoms with Gasteiger partial charge in [0, 0.05) is 17.9 Å². The molecule has 0 aromatic carbocycles. The average molecular weight is 262 g/mol. The molecule has 2 aliphatic rings. The highest BCUT2D eigenvalue weighted by atomic mass is 79.9. The van der Waals surface area contributed by atoms with Gasteiger partial charge in [0.2, 0.25) is 0 Å². The molecule has 3 unspecified atom stereocenters. The number of fused-ring (bicyclic) bond motifs is 1. The van der Waals surface area contributed by atoms with Gasteiger partial charge < -0.3 is 10.0 Å². The number of halogens is 1. The first-order valence-electron chi connectivity index (χ1n) is 4.63. The number of likely N-dealkylation sites (tertiary alicyclic amines) is 1. The number of carboxylic acids is 1. The molecule has 0 bridgehead atoms. The Morgan fingerprint density at radius 1 is 1.57 bits per heavy atom. The first-order chi connectivity index (χ1) is 6.47. The number of piperidine rings is 1. The van der Waals surface area contributed by atoms with Crippen LogP contribution in [0.4, 0.5) is 0 Å². The number of hydrogen-bond donors (Lipinski definition) is 1. The summed E-state index contributed by atoms with van der Waals surface area (Å²) in [6, 6.07) is 0. The van der Waals surface area contributed by atoms with E-state index in [9.17, 15) is 9.59 Å². The summed E-state index contributed by atoms with van der Waals surface area (Å²) in [5.41, 5.74) is 0.287. The zero-order valence-corrected chi connectivity index (χ0v) is 9.45. The van der Waals surface area contributed by atoms with Crippen molar-refractivity contribution in [3.63, 3.8) is 0 Å². The molecular weight excluding hydrogens is 250 g/mol. The zero-order valence-electron chi connectivity index (χ0n) is 7.86. The first kappa shape index (κ1) is 9.96. The van der Waals surface area contributed by atoms with Crippen molar-refractivity contribution in [1.29, 1.82) is 0 Å². The second kappa shape index (κ2) is 2.95. The van der Waals surface area contributed by atoms with Crippen LogP contribution in [0, 0.1) is 11.3 Å². The van der Waals surface area contributed by atoms with Gasteiger partial charge in [-0.15, -0.1) is 0 Å². The fraction of sp³-hybridized carbons (Fsp3) is 0.778. The molecule has 1 aliphatic heterocycles. The van der Waals surface area contributed by atoms with Crippen LogP contribution >= 0.6 is 15.9 Å². The van der Waals surface area contributed by atoms with Crippen molar-refractivity contribution in [1.82, 2.24) is 4.90 Å². The highest BCUT2D eigenvalue weighted by molar-refractivity contribution is 9.09. The van der Waals surface area contributed by atoms with Gasteiger partial charge in [-0.1, -0.05) is 22.9 Å². The summed E-state index contributed by atoms with van der Waals surface area (Å²) in [6.45, 7) is 3.33. The SMILES string of the molecule is CC12CCN(C(=O)C(=O)O)CC1C2Br. The molecule has 14 heavy (non-hydrogen) atoms. The average Bonchev–Trinajstić information content (AvgIpc) is 2.68. The predicted octanol–water partition coefficient (Wildman–Crippen LogP) is 0.703. The number of carbonyl (C=O) groups is 2. The van der Waals surface area contributed by atoms with Crippen LogP contribution in [-0.4, -0.2) is 39.8 Å². The van der Waals surface area contributed by atoms with E-state index in [1.807, 2.05) is 0 Å². The van der Waals surface area contributed by atoms with E-state index in [2.05, 4.69) is 22.9 Å². The van der Waals surface area contributed by atoms with Crippen LogP contribution < -0.4 is 0 Å². The fourth-order valence-corrected chi connectivity index (χ4v) is 3.44. The van der Waals surface area contributed by atoms with Gasteiger partial charge in [0.05, 0.1) is 0 Å². The molecule has 1 aliphatic carbocycles. The molecule has 5 heteroatoms. The van der Waals surface area contributed by atoms with Crippen LogP contribution in [0.3, 0.4) is 0 Å². The van der Waals surface area contributed by atoms with E-state index < -0.39 is 11.9 Å². The highest BCUT2D eigenvalue weighted by Crippen LogP contribution is 2.61. The van der Waals surface area contributed by atoms with Gasteiger partial charge in [-0.05, 0) is 17.8 Å². The highest BCUT2D eigenvalue weighted by Gasteiger charge is 2.62. The molecular formula is C9H12BrNO3. The lowest BCUT2D eigenvalue weighted by Gasteiger charge is -2.28. The molecule has 2 fully saturated rings. The minimum absolute atomic E-state index is 0.287. The van der Waals surface area contributed by atoms with Gasteiger partial charge in [0.25, 0.3) is 0 Å². The Labute approximate surface area is 90.4 Å². The van der Waals surface area contributed by atoms with E-state index in [1.54, 1.807) is 0 Å². The van der Waals surface area contributed by atoms with Crippen LogP contribution in [0.15, 0.2) is 0 Å². The van der Waals surface area contributed by atoms with Gasteiger partial charge >= 0.3 is 11.9 Å². The number of aliphatic carboxylic acids is 1. The van der Waals surface area contributed by atoms with Gasteiger partial charge in [0.15, 0.2) is 0 Å². The van der Waals surface area contributed by atoms with Gasteiger partial charge in [-0.3, -0.25) is 4.79 Å². The molecule has 0 aromatic heterocycles. The van der Waals surface area contributed by atoms with Crippen LogP contribution in [-0.2, 0) is 9.59 Å². The third-order valence-electron chi connectivity index (χ3n) is 3.53. The number of rotatable bonds is 0. The monoisotopic (exact) mass is 261 g/mol. The Bertz CT molecular complexity index is 306. The topological polar surface area (TPSA) is 57.6 Å². The molecule has 1 N–H and O–H groups in total. The van der Waals surface area contributed by atoms with Crippen LogP contribution in [0.25, 0.3) is 0 Å². The summed E-state index contributed by atoms with van der Waals surface area (Å²) < 4.78 is 0. The predicted molar refractivity (Wildman–Crippen MR) is 53.1 cm³/mol. The van der Waals surface area contributed by atoms with Crippen LogP contribution in [0.5, 0.6) is 0 Å². The summed E-state index contributed by atoms with van der Waals surface area (Å²) in [5, 5.41) is 8.56. The fourth-order valence-electron chi connectivity index (χ4n) is 2.25. The van der Waals surface area contributed by atoms with E-state index >= 15 is 0 Å². The van der Waals surface area contributed by atoms with E-state index in [-0.39, 0.29) is 5.41 Å². The zero-order chi connectivity index (χ0) is 10.5. The molecule has 78 valence electrons. The summed E-state index contributed by atoms with van der Waals surface area (Å²) >= 11 is 3.56. The molecule has 2 rings (SSSR count).